The molecule has 2 aliphatic heterocycles. The van der Waals surface area contributed by atoms with E-state index in [1.165, 1.54) is 33.5 Å². The number of aliphatic hydroxyl groups is 5. The molecule has 324 valence electrons. The van der Waals surface area contributed by atoms with Gasteiger partial charge in [-0.25, -0.2) is 4.79 Å². The number of aliphatic hydroxyl groups excluding tert-OH is 5. The van der Waals surface area contributed by atoms with E-state index in [0.717, 1.165) is 30.4 Å². The normalized spacial score (nSPS) is 36.6. The second-order valence-electron chi connectivity index (χ2n) is 15.6. The molecule has 0 aliphatic carbocycles. The lowest BCUT2D eigenvalue weighted by Crippen LogP contribution is -2.50. The summed E-state index contributed by atoms with van der Waals surface area (Å²) >= 11 is 0. The number of esters is 1. The van der Waals surface area contributed by atoms with Gasteiger partial charge in [-0.1, -0.05) is 106 Å². The Morgan fingerprint density at radius 1 is 0.860 bits per heavy atom. The third kappa shape index (κ3) is 15.7. The van der Waals surface area contributed by atoms with E-state index < -0.39 is 78.5 Å². The van der Waals surface area contributed by atoms with Gasteiger partial charge in [-0.05, 0) is 58.4 Å². The first-order valence-electron chi connectivity index (χ1n) is 20.2. The molecule has 0 aromatic heterocycles. The maximum absolute atomic E-state index is 13.2. The molecule has 2 aliphatic rings. The highest BCUT2D eigenvalue weighted by Gasteiger charge is 2.55. The lowest BCUT2D eigenvalue weighted by Gasteiger charge is -2.33. The molecule has 1 saturated heterocycles. The Labute approximate surface area is 341 Å². The van der Waals surface area contributed by atoms with Crippen LogP contribution >= 0.6 is 0 Å². The van der Waals surface area contributed by atoms with Gasteiger partial charge < -0.3 is 54.0 Å². The summed E-state index contributed by atoms with van der Waals surface area (Å²) in [6, 6.07) is 0. The van der Waals surface area contributed by atoms with Crippen molar-refractivity contribution in [2.75, 3.05) is 28.4 Å². The van der Waals surface area contributed by atoms with Gasteiger partial charge in [0, 0.05) is 40.4 Å². The SMILES string of the molecule is CCCC1OC(C)(C(O)CC=CC2OC(=O)C=CC=CC(OC)C(O)C=CC(C)=CC(C)CCCC(OC)C(O)C=CC(C)=CC(C)C(O)C2OC)C(O)C1OC. The monoisotopic (exact) mass is 805 g/mol. The van der Waals surface area contributed by atoms with E-state index in [2.05, 4.69) is 13.0 Å². The first kappa shape index (κ1) is 50.4. The molecule has 2 rings (SSSR count). The van der Waals surface area contributed by atoms with Crippen molar-refractivity contribution in [2.45, 2.75) is 153 Å². The molecule has 0 amide bonds. The molecule has 12 heteroatoms. The van der Waals surface area contributed by atoms with Gasteiger partial charge in [0.2, 0.25) is 0 Å². The average Bonchev–Trinajstić information content (AvgIpc) is 3.42. The Bertz CT molecular complexity index is 1400. The molecular formula is C45H72O12. The van der Waals surface area contributed by atoms with Crippen LogP contribution in [0.3, 0.4) is 0 Å². The van der Waals surface area contributed by atoms with Crippen LogP contribution in [0.5, 0.6) is 0 Å². The fraction of sp³-hybridized carbons (Fsp3) is 0.667. The zero-order valence-corrected chi connectivity index (χ0v) is 35.8. The van der Waals surface area contributed by atoms with Crippen molar-refractivity contribution in [2.24, 2.45) is 11.8 Å². The van der Waals surface area contributed by atoms with Crippen LogP contribution in [0.15, 0.2) is 84.1 Å². The molecule has 0 aromatic carbocycles. The van der Waals surface area contributed by atoms with E-state index in [-0.39, 0.29) is 18.4 Å². The Hall–Kier alpha value is -2.75. The van der Waals surface area contributed by atoms with Gasteiger partial charge in [0.05, 0.1) is 30.5 Å². The number of cyclic esters (lactones) is 1. The summed E-state index contributed by atoms with van der Waals surface area (Å²) in [6.45, 7) is 11.4. The van der Waals surface area contributed by atoms with Crippen LogP contribution in [0.4, 0.5) is 0 Å². The lowest BCUT2D eigenvalue weighted by atomic mass is 9.88. The minimum atomic E-state index is -1.32. The molecule has 0 spiro atoms. The van der Waals surface area contributed by atoms with E-state index in [1.54, 1.807) is 63.5 Å². The summed E-state index contributed by atoms with van der Waals surface area (Å²) in [5, 5.41) is 55.7. The maximum atomic E-state index is 13.2. The fourth-order valence-corrected chi connectivity index (χ4v) is 7.39. The van der Waals surface area contributed by atoms with Gasteiger partial charge >= 0.3 is 5.97 Å². The van der Waals surface area contributed by atoms with Crippen LogP contribution in [0, 0.1) is 11.8 Å². The number of methoxy groups -OCH3 is 4. The van der Waals surface area contributed by atoms with E-state index in [9.17, 15) is 30.3 Å². The third-order valence-corrected chi connectivity index (χ3v) is 10.9. The molecule has 12 nitrogen and oxygen atoms in total. The zero-order valence-electron chi connectivity index (χ0n) is 35.8. The van der Waals surface area contributed by atoms with Gasteiger partial charge in [0.15, 0.2) is 0 Å². The molecule has 5 N–H and O–H groups in total. The van der Waals surface area contributed by atoms with Crippen molar-refractivity contribution in [3.8, 4) is 0 Å². The van der Waals surface area contributed by atoms with Crippen molar-refractivity contribution >= 4 is 5.97 Å². The second-order valence-corrected chi connectivity index (χ2v) is 15.6. The van der Waals surface area contributed by atoms with Crippen molar-refractivity contribution in [3.05, 3.63) is 84.1 Å². The summed E-state index contributed by atoms with van der Waals surface area (Å²) in [6.07, 6.45) is 14.4. The summed E-state index contributed by atoms with van der Waals surface area (Å²) < 4.78 is 34.4. The molecule has 0 aromatic rings. The largest absolute Gasteiger partial charge is 0.452 e. The van der Waals surface area contributed by atoms with Crippen LogP contribution in [0.1, 0.15) is 80.1 Å². The molecule has 0 radical (unpaired) electrons. The van der Waals surface area contributed by atoms with Crippen LogP contribution < -0.4 is 0 Å². The zero-order chi connectivity index (χ0) is 42.7. The molecule has 57 heavy (non-hydrogen) atoms. The van der Waals surface area contributed by atoms with Crippen molar-refractivity contribution in [1.29, 1.82) is 0 Å². The van der Waals surface area contributed by atoms with Crippen LogP contribution in [0.2, 0.25) is 0 Å². The first-order chi connectivity index (χ1) is 27.1. The summed E-state index contributed by atoms with van der Waals surface area (Å²) in [7, 11) is 5.98. The topological polar surface area (TPSA) is 174 Å². The van der Waals surface area contributed by atoms with E-state index in [0.29, 0.717) is 12.8 Å². The van der Waals surface area contributed by atoms with E-state index >= 15 is 0 Å². The number of ether oxygens (including phenoxy) is 6. The fourth-order valence-electron chi connectivity index (χ4n) is 7.39. The minimum Gasteiger partial charge on any atom is -0.452 e. The lowest BCUT2D eigenvalue weighted by molar-refractivity contribution is -0.153. The number of carbonyl (C=O) groups excluding carboxylic acids is 1. The molecule has 14 unspecified atom stereocenters. The second kappa shape index (κ2) is 25.7. The Morgan fingerprint density at radius 3 is 2.12 bits per heavy atom. The van der Waals surface area contributed by atoms with Crippen molar-refractivity contribution < 1.29 is 58.7 Å². The van der Waals surface area contributed by atoms with Gasteiger partial charge in [0.1, 0.15) is 42.2 Å². The Kier molecular flexibility index (Phi) is 22.7. The smallest absolute Gasteiger partial charge is 0.331 e. The Balaban J connectivity index is 2.46. The van der Waals surface area contributed by atoms with Gasteiger partial charge in [0.25, 0.3) is 0 Å². The van der Waals surface area contributed by atoms with Crippen LogP contribution in [-0.2, 0) is 33.2 Å². The summed E-state index contributed by atoms with van der Waals surface area (Å²) in [4.78, 5) is 13.2. The third-order valence-electron chi connectivity index (χ3n) is 10.9. The standard InChI is InChI=1S/C45H72O12/c1-11-16-38-43(55-10)44(51)45(6,57-38)39(48)21-15-20-37-42(54-9)41(50)32(5)28-31(4)24-26-34(47)36(53-8)19-14-17-29(2)27-30(3)23-25-33(46)35(52-7)18-12-13-22-40(49)56-37/h12-13,15,18,20,22-29,32-39,41-44,46-48,50-51H,11,14,16-17,19,21H2,1-10H3. The highest BCUT2D eigenvalue weighted by Crippen LogP contribution is 2.38. The van der Waals surface area contributed by atoms with E-state index in [4.69, 9.17) is 28.4 Å². The average molecular weight is 805 g/mol. The van der Waals surface area contributed by atoms with Gasteiger partial charge in [-0.2, -0.15) is 0 Å². The number of carbonyl (C=O) groups is 1. The predicted octanol–water partition coefficient (Wildman–Crippen LogP) is 5.24. The first-order valence-corrected chi connectivity index (χ1v) is 20.2. The van der Waals surface area contributed by atoms with E-state index in [1.807, 2.05) is 32.9 Å². The summed E-state index contributed by atoms with van der Waals surface area (Å²) in [5.41, 5.74) is 0.457. The molecule has 14 atom stereocenters. The van der Waals surface area contributed by atoms with Gasteiger partial charge in [-0.3, -0.25) is 0 Å². The Morgan fingerprint density at radius 2 is 1.51 bits per heavy atom. The van der Waals surface area contributed by atoms with Gasteiger partial charge in [-0.15, -0.1) is 0 Å². The minimum absolute atomic E-state index is 0.0235. The highest BCUT2D eigenvalue weighted by molar-refractivity contribution is 5.82. The summed E-state index contributed by atoms with van der Waals surface area (Å²) in [5.74, 6) is -0.953. The molecule has 0 saturated carbocycles. The number of hydrogen-bond donors (Lipinski definition) is 5. The number of rotatable bonds is 10. The maximum Gasteiger partial charge on any atom is 0.331 e. The molecular weight excluding hydrogens is 732 g/mol. The molecule has 1 fully saturated rings. The van der Waals surface area contributed by atoms with Crippen LogP contribution in [-0.4, -0.2) is 133 Å². The number of hydrogen-bond acceptors (Lipinski definition) is 12. The molecule has 0 bridgehead atoms. The highest BCUT2D eigenvalue weighted by atomic mass is 16.6. The number of allylic oxidation sites excluding steroid dienone is 7. The van der Waals surface area contributed by atoms with Crippen LogP contribution in [0.25, 0.3) is 0 Å². The predicted molar refractivity (Wildman–Crippen MR) is 221 cm³/mol. The quantitative estimate of drug-likeness (QED) is 0.144. The van der Waals surface area contributed by atoms with Crippen molar-refractivity contribution in [3.63, 3.8) is 0 Å². The van der Waals surface area contributed by atoms with Crippen molar-refractivity contribution in [1.82, 2.24) is 0 Å². The molecule has 2 heterocycles.